The Balaban J connectivity index is 1.65. The predicted octanol–water partition coefficient (Wildman–Crippen LogP) is 3.12. The third-order valence-corrected chi connectivity index (χ3v) is 5.63. The fourth-order valence-electron chi connectivity index (χ4n) is 3.17. The summed E-state index contributed by atoms with van der Waals surface area (Å²) < 4.78 is 10.9. The molecule has 0 radical (unpaired) electrons. The van der Waals surface area contributed by atoms with Gasteiger partial charge in [-0.25, -0.2) is 4.99 Å². The molecule has 0 spiro atoms. The van der Waals surface area contributed by atoms with Gasteiger partial charge in [0.2, 0.25) is 5.91 Å². The van der Waals surface area contributed by atoms with Crippen LogP contribution in [0.2, 0.25) is 0 Å². The number of anilines is 1. The van der Waals surface area contributed by atoms with Gasteiger partial charge in [0.15, 0.2) is 17.5 Å². The first-order chi connectivity index (χ1) is 14.1. The Labute approximate surface area is 175 Å². The molecule has 0 saturated carbocycles. The number of rotatable bonds is 7. The molecule has 3 rings (SSSR count). The summed E-state index contributed by atoms with van der Waals surface area (Å²) in [5.41, 5.74) is 2.06. The SMILES string of the molecule is CCNC(=NCC(=O)N1CCc2sccc2C1)Nc1ccc(OC)c(OCC)c1. The second-order valence-corrected chi connectivity index (χ2v) is 7.55. The zero-order valence-corrected chi connectivity index (χ0v) is 18.0. The number of fused-ring (bicyclic) bond motifs is 1. The highest BCUT2D eigenvalue weighted by molar-refractivity contribution is 7.10. The largest absolute Gasteiger partial charge is 0.493 e. The van der Waals surface area contributed by atoms with Crippen LogP contribution in [0.5, 0.6) is 11.5 Å². The number of amides is 1. The Morgan fingerprint density at radius 3 is 2.90 bits per heavy atom. The molecule has 29 heavy (non-hydrogen) atoms. The average molecular weight is 417 g/mol. The zero-order chi connectivity index (χ0) is 20.6. The summed E-state index contributed by atoms with van der Waals surface area (Å²) in [7, 11) is 1.61. The second-order valence-electron chi connectivity index (χ2n) is 6.55. The number of hydrogen-bond acceptors (Lipinski definition) is 5. The maximum atomic E-state index is 12.6. The maximum Gasteiger partial charge on any atom is 0.244 e. The van der Waals surface area contributed by atoms with Crippen molar-refractivity contribution in [1.82, 2.24) is 10.2 Å². The molecule has 1 aliphatic heterocycles. The number of methoxy groups -OCH3 is 1. The monoisotopic (exact) mass is 416 g/mol. The van der Waals surface area contributed by atoms with Crippen LogP contribution in [0, 0.1) is 0 Å². The predicted molar refractivity (Wildman–Crippen MR) is 117 cm³/mol. The third-order valence-electron chi connectivity index (χ3n) is 4.60. The van der Waals surface area contributed by atoms with E-state index in [9.17, 15) is 4.79 Å². The van der Waals surface area contributed by atoms with Crippen molar-refractivity contribution in [2.45, 2.75) is 26.8 Å². The molecule has 0 saturated heterocycles. The highest BCUT2D eigenvalue weighted by atomic mass is 32.1. The van der Waals surface area contributed by atoms with Crippen molar-refractivity contribution in [3.05, 3.63) is 40.1 Å². The number of thiophene rings is 1. The molecule has 0 unspecified atom stereocenters. The van der Waals surface area contributed by atoms with Crippen LogP contribution in [-0.2, 0) is 17.8 Å². The molecule has 0 bridgehead atoms. The van der Waals surface area contributed by atoms with Crippen LogP contribution in [0.4, 0.5) is 5.69 Å². The highest BCUT2D eigenvalue weighted by Crippen LogP contribution is 2.30. The topological polar surface area (TPSA) is 75.2 Å². The first-order valence-corrected chi connectivity index (χ1v) is 10.7. The highest BCUT2D eigenvalue weighted by Gasteiger charge is 2.21. The van der Waals surface area contributed by atoms with E-state index in [0.717, 1.165) is 18.7 Å². The zero-order valence-electron chi connectivity index (χ0n) is 17.2. The number of hydrogen-bond donors (Lipinski definition) is 2. The van der Waals surface area contributed by atoms with Crippen LogP contribution in [0.15, 0.2) is 34.6 Å². The number of carbonyl (C=O) groups is 1. The van der Waals surface area contributed by atoms with Crippen LogP contribution < -0.4 is 20.1 Å². The van der Waals surface area contributed by atoms with Gasteiger partial charge in [-0.1, -0.05) is 0 Å². The molecule has 1 aliphatic rings. The fraction of sp³-hybridized carbons (Fsp3) is 0.429. The van der Waals surface area contributed by atoms with Crippen LogP contribution in [0.1, 0.15) is 24.3 Å². The van der Waals surface area contributed by atoms with Crippen LogP contribution in [0.3, 0.4) is 0 Å². The molecule has 1 aromatic heterocycles. The van der Waals surface area contributed by atoms with E-state index < -0.39 is 0 Å². The van der Waals surface area contributed by atoms with Crippen molar-refractivity contribution in [3.8, 4) is 11.5 Å². The van der Waals surface area contributed by atoms with E-state index in [0.29, 0.717) is 37.2 Å². The summed E-state index contributed by atoms with van der Waals surface area (Å²) in [5, 5.41) is 8.51. The van der Waals surface area contributed by atoms with Crippen molar-refractivity contribution in [2.75, 3.05) is 38.7 Å². The normalized spacial score (nSPS) is 13.6. The van der Waals surface area contributed by atoms with E-state index in [2.05, 4.69) is 27.1 Å². The van der Waals surface area contributed by atoms with E-state index in [1.165, 1.54) is 10.4 Å². The smallest absolute Gasteiger partial charge is 0.244 e. The molecule has 2 aromatic rings. The van der Waals surface area contributed by atoms with E-state index in [-0.39, 0.29) is 12.5 Å². The molecule has 0 fully saturated rings. The minimum absolute atomic E-state index is 0.0313. The number of nitrogens with zero attached hydrogens (tertiary/aromatic N) is 2. The van der Waals surface area contributed by atoms with Gasteiger partial charge in [-0.2, -0.15) is 0 Å². The minimum atomic E-state index is 0.0313. The second kappa shape index (κ2) is 10.2. The lowest BCUT2D eigenvalue weighted by atomic mass is 10.1. The fourth-order valence-corrected chi connectivity index (χ4v) is 4.06. The molecule has 2 heterocycles. The van der Waals surface area contributed by atoms with Gasteiger partial charge in [-0.15, -0.1) is 11.3 Å². The average Bonchev–Trinajstić information content (AvgIpc) is 3.20. The van der Waals surface area contributed by atoms with E-state index in [4.69, 9.17) is 9.47 Å². The first-order valence-electron chi connectivity index (χ1n) is 9.83. The van der Waals surface area contributed by atoms with Crippen molar-refractivity contribution in [1.29, 1.82) is 0 Å². The van der Waals surface area contributed by atoms with Crippen molar-refractivity contribution >= 4 is 28.9 Å². The number of guanidine groups is 1. The van der Waals surface area contributed by atoms with Gasteiger partial charge in [0.25, 0.3) is 0 Å². The van der Waals surface area contributed by atoms with Crippen LogP contribution in [-0.4, -0.2) is 50.1 Å². The molecule has 2 N–H and O–H groups in total. The Hall–Kier alpha value is -2.74. The van der Waals surface area contributed by atoms with Gasteiger partial charge < -0.3 is 25.0 Å². The van der Waals surface area contributed by atoms with Crippen molar-refractivity contribution in [3.63, 3.8) is 0 Å². The number of nitrogens with one attached hydrogen (secondary N) is 2. The van der Waals surface area contributed by atoms with Gasteiger partial charge in [0, 0.05) is 36.3 Å². The Morgan fingerprint density at radius 1 is 1.28 bits per heavy atom. The quantitative estimate of drug-likeness (QED) is 0.536. The molecule has 0 aliphatic carbocycles. The maximum absolute atomic E-state index is 12.6. The van der Waals surface area contributed by atoms with E-state index >= 15 is 0 Å². The van der Waals surface area contributed by atoms with E-state index in [1.54, 1.807) is 18.4 Å². The molecule has 8 heteroatoms. The van der Waals surface area contributed by atoms with Gasteiger partial charge in [-0.3, -0.25) is 4.79 Å². The van der Waals surface area contributed by atoms with Crippen LogP contribution in [0.25, 0.3) is 0 Å². The van der Waals surface area contributed by atoms with Crippen molar-refractivity contribution < 1.29 is 14.3 Å². The summed E-state index contributed by atoms with van der Waals surface area (Å²) in [6, 6.07) is 7.70. The molecule has 156 valence electrons. The Morgan fingerprint density at radius 2 is 2.14 bits per heavy atom. The molecular formula is C21H28N4O3S. The lowest BCUT2D eigenvalue weighted by molar-refractivity contribution is -0.130. The summed E-state index contributed by atoms with van der Waals surface area (Å²) in [6.45, 7) is 6.68. The van der Waals surface area contributed by atoms with Crippen LogP contribution >= 0.6 is 11.3 Å². The number of aliphatic imine (C=N–C) groups is 1. The number of ether oxygens (including phenoxy) is 2. The number of carbonyl (C=O) groups excluding carboxylic acids is 1. The third kappa shape index (κ3) is 5.41. The molecule has 1 amide bonds. The van der Waals surface area contributed by atoms with Crippen molar-refractivity contribution in [2.24, 2.45) is 4.99 Å². The summed E-state index contributed by atoms with van der Waals surface area (Å²) in [6.07, 6.45) is 0.923. The molecule has 0 atom stereocenters. The number of benzene rings is 1. The Kier molecular flexibility index (Phi) is 7.35. The van der Waals surface area contributed by atoms with Gasteiger partial charge >= 0.3 is 0 Å². The molecular weight excluding hydrogens is 388 g/mol. The summed E-state index contributed by atoms with van der Waals surface area (Å²) in [5.74, 6) is 1.92. The first kappa shape index (κ1) is 21.0. The minimum Gasteiger partial charge on any atom is -0.493 e. The lowest BCUT2D eigenvalue weighted by Crippen LogP contribution is -2.38. The van der Waals surface area contributed by atoms with Gasteiger partial charge in [0.05, 0.1) is 13.7 Å². The Bertz CT molecular complexity index is 865. The standard InChI is InChI=1S/C21H28N4O3S/c1-4-22-21(24-16-6-7-17(27-3)18(12-16)28-5-2)23-13-20(26)25-10-8-19-15(14-25)9-11-29-19/h6-7,9,11-12H,4-5,8,10,13-14H2,1-3H3,(H2,22,23,24). The van der Waals surface area contributed by atoms with Gasteiger partial charge in [0.1, 0.15) is 6.54 Å². The van der Waals surface area contributed by atoms with E-state index in [1.807, 2.05) is 36.9 Å². The summed E-state index contributed by atoms with van der Waals surface area (Å²) in [4.78, 5) is 20.4. The lowest BCUT2D eigenvalue weighted by Gasteiger charge is -2.26. The van der Waals surface area contributed by atoms with Gasteiger partial charge in [-0.05, 0) is 49.4 Å². The molecule has 1 aromatic carbocycles. The molecule has 7 nitrogen and oxygen atoms in total. The summed E-state index contributed by atoms with van der Waals surface area (Å²) >= 11 is 1.77.